The van der Waals surface area contributed by atoms with Gasteiger partial charge < -0.3 is 9.73 Å². The van der Waals surface area contributed by atoms with Gasteiger partial charge in [-0.1, -0.05) is 6.08 Å². The van der Waals surface area contributed by atoms with Crippen LogP contribution in [0.5, 0.6) is 0 Å². The second-order valence-corrected chi connectivity index (χ2v) is 4.82. The summed E-state index contributed by atoms with van der Waals surface area (Å²) in [6.45, 7) is 5.91. The molecule has 0 fully saturated rings. The lowest BCUT2D eigenvalue weighted by atomic mass is 10.2. The average molecular weight is 324 g/mol. The Labute approximate surface area is 119 Å². The minimum atomic E-state index is -0.198. The molecule has 0 aliphatic heterocycles. The van der Waals surface area contributed by atoms with E-state index in [1.165, 1.54) is 4.68 Å². The molecule has 0 saturated carbocycles. The SMILES string of the molecule is C=CCn1ncc(NC(C)c2ccco2)c(Br)c1=O. The van der Waals surface area contributed by atoms with Gasteiger partial charge in [0, 0.05) is 0 Å². The Morgan fingerprint density at radius 2 is 2.47 bits per heavy atom. The van der Waals surface area contributed by atoms with Gasteiger partial charge in [0.25, 0.3) is 5.56 Å². The molecule has 0 bridgehead atoms. The molecule has 1 unspecified atom stereocenters. The quantitative estimate of drug-likeness (QED) is 0.859. The summed E-state index contributed by atoms with van der Waals surface area (Å²) in [5.41, 5.74) is 0.436. The van der Waals surface area contributed by atoms with Crippen LogP contribution >= 0.6 is 15.9 Å². The molecular formula is C13H14BrN3O2. The third-order valence-electron chi connectivity index (χ3n) is 2.63. The van der Waals surface area contributed by atoms with Gasteiger partial charge in [-0.3, -0.25) is 4.79 Å². The maximum atomic E-state index is 12.0. The van der Waals surface area contributed by atoms with Gasteiger partial charge in [-0.2, -0.15) is 5.10 Å². The number of hydrogen-bond donors (Lipinski definition) is 1. The van der Waals surface area contributed by atoms with Gasteiger partial charge in [0.15, 0.2) is 0 Å². The Bertz CT molecular complexity index is 619. The normalized spacial score (nSPS) is 12.1. The lowest BCUT2D eigenvalue weighted by molar-refractivity contribution is 0.490. The zero-order chi connectivity index (χ0) is 13.8. The molecule has 0 radical (unpaired) electrons. The third kappa shape index (κ3) is 2.96. The molecule has 0 saturated heterocycles. The molecule has 0 aliphatic rings. The molecule has 1 atom stereocenters. The highest BCUT2D eigenvalue weighted by Crippen LogP contribution is 2.23. The number of hydrogen-bond acceptors (Lipinski definition) is 4. The van der Waals surface area contributed by atoms with Gasteiger partial charge in [0.2, 0.25) is 0 Å². The predicted molar refractivity (Wildman–Crippen MR) is 77.1 cm³/mol. The van der Waals surface area contributed by atoms with Gasteiger partial charge in [0.1, 0.15) is 10.2 Å². The molecule has 100 valence electrons. The van der Waals surface area contributed by atoms with E-state index in [1.807, 2.05) is 19.1 Å². The van der Waals surface area contributed by atoms with Crippen molar-refractivity contribution in [2.75, 3.05) is 5.32 Å². The van der Waals surface area contributed by atoms with Crippen LogP contribution in [0, 0.1) is 0 Å². The summed E-state index contributed by atoms with van der Waals surface area (Å²) in [6.07, 6.45) is 4.84. The number of halogens is 1. The molecule has 2 heterocycles. The van der Waals surface area contributed by atoms with Crippen LogP contribution in [0.25, 0.3) is 0 Å². The number of anilines is 1. The van der Waals surface area contributed by atoms with Crippen molar-refractivity contribution in [3.05, 3.63) is 57.8 Å². The van der Waals surface area contributed by atoms with Crippen molar-refractivity contribution in [3.63, 3.8) is 0 Å². The molecule has 6 heteroatoms. The number of aromatic nitrogens is 2. The number of nitrogens with one attached hydrogen (secondary N) is 1. The highest BCUT2D eigenvalue weighted by atomic mass is 79.9. The van der Waals surface area contributed by atoms with Crippen LogP contribution in [0.15, 0.2) is 50.9 Å². The number of furan rings is 1. The van der Waals surface area contributed by atoms with Gasteiger partial charge in [-0.15, -0.1) is 6.58 Å². The Balaban J connectivity index is 2.24. The molecule has 2 rings (SSSR count). The van der Waals surface area contributed by atoms with Crippen LogP contribution < -0.4 is 10.9 Å². The van der Waals surface area contributed by atoms with Crippen LogP contribution in [0.2, 0.25) is 0 Å². The molecule has 19 heavy (non-hydrogen) atoms. The van der Waals surface area contributed by atoms with E-state index in [9.17, 15) is 4.79 Å². The van der Waals surface area contributed by atoms with Crippen LogP contribution in [0.4, 0.5) is 5.69 Å². The summed E-state index contributed by atoms with van der Waals surface area (Å²) in [7, 11) is 0. The standard InChI is InChI=1S/C13H14BrN3O2/c1-3-6-17-13(18)12(14)10(8-15-17)16-9(2)11-5-4-7-19-11/h3-5,7-9,16H,1,6H2,2H3. The smallest absolute Gasteiger partial charge is 0.283 e. The van der Waals surface area contributed by atoms with Crippen molar-refractivity contribution < 1.29 is 4.42 Å². The Hall–Kier alpha value is -1.82. The Morgan fingerprint density at radius 3 is 3.11 bits per heavy atom. The first-order valence-corrected chi connectivity index (χ1v) is 6.59. The largest absolute Gasteiger partial charge is 0.467 e. The lowest BCUT2D eigenvalue weighted by Gasteiger charge is -2.14. The number of allylic oxidation sites excluding steroid dienone is 1. The van der Waals surface area contributed by atoms with E-state index in [0.717, 1.165) is 5.76 Å². The molecule has 1 N–H and O–H groups in total. The molecular weight excluding hydrogens is 310 g/mol. The molecule has 0 amide bonds. The third-order valence-corrected chi connectivity index (χ3v) is 3.40. The maximum Gasteiger partial charge on any atom is 0.283 e. The molecule has 5 nitrogen and oxygen atoms in total. The fourth-order valence-electron chi connectivity index (χ4n) is 1.66. The molecule has 0 aliphatic carbocycles. The first-order chi connectivity index (χ1) is 9.13. The van der Waals surface area contributed by atoms with Crippen LogP contribution in [-0.2, 0) is 6.54 Å². The number of nitrogens with zero attached hydrogens (tertiary/aromatic N) is 2. The zero-order valence-corrected chi connectivity index (χ0v) is 12.1. The fraction of sp³-hybridized carbons (Fsp3) is 0.231. The van der Waals surface area contributed by atoms with E-state index in [0.29, 0.717) is 16.7 Å². The van der Waals surface area contributed by atoms with Gasteiger partial charge >= 0.3 is 0 Å². The first-order valence-electron chi connectivity index (χ1n) is 5.80. The van der Waals surface area contributed by atoms with Gasteiger partial charge in [0.05, 0.1) is 30.7 Å². The topological polar surface area (TPSA) is 60.1 Å². The van der Waals surface area contributed by atoms with E-state index in [-0.39, 0.29) is 11.6 Å². The fourth-order valence-corrected chi connectivity index (χ4v) is 2.08. The minimum absolute atomic E-state index is 0.0530. The van der Waals surface area contributed by atoms with Crippen LogP contribution in [0.1, 0.15) is 18.7 Å². The molecule has 0 aromatic carbocycles. The van der Waals surface area contributed by atoms with E-state index in [2.05, 4.69) is 32.9 Å². The summed E-state index contributed by atoms with van der Waals surface area (Å²) < 4.78 is 7.09. The van der Waals surface area contributed by atoms with Crippen LogP contribution in [-0.4, -0.2) is 9.78 Å². The second-order valence-electron chi connectivity index (χ2n) is 4.03. The van der Waals surface area contributed by atoms with Crippen LogP contribution in [0.3, 0.4) is 0 Å². The number of rotatable bonds is 5. The zero-order valence-electron chi connectivity index (χ0n) is 10.5. The Kier molecular flexibility index (Phi) is 4.21. The maximum absolute atomic E-state index is 12.0. The summed E-state index contributed by atoms with van der Waals surface area (Å²) in [5.74, 6) is 0.794. The van der Waals surface area contributed by atoms with Crippen molar-refractivity contribution >= 4 is 21.6 Å². The summed E-state index contributed by atoms with van der Waals surface area (Å²) in [6, 6.07) is 3.64. The van der Waals surface area contributed by atoms with Crippen molar-refractivity contribution in [1.82, 2.24) is 9.78 Å². The van der Waals surface area contributed by atoms with Crippen molar-refractivity contribution in [3.8, 4) is 0 Å². The first kappa shape index (κ1) is 13.6. The Morgan fingerprint density at radius 1 is 1.68 bits per heavy atom. The van der Waals surface area contributed by atoms with Gasteiger partial charge in [-0.25, -0.2) is 4.68 Å². The summed E-state index contributed by atoms with van der Waals surface area (Å²) >= 11 is 3.29. The van der Waals surface area contributed by atoms with Gasteiger partial charge in [-0.05, 0) is 35.0 Å². The van der Waals surface area contributed by atoms with E-state index < -0.39 is 0 Å². The highest BCUT2D eigenvalue weighted by Gasteiger charge is 2.13. The minimum Gasteiger partial charge on any atom is -0.467 e. The lowest BCUT2D eigenvalue weighted by Crippen LogP contribution is -2.24. The molecule has 0 spiro atoms. The molecule has 2 aromatic rings. The average Bonchev–Trinajstić information content (AvgIpc) is 2.92. The monoisotopic (exact) mass is 323 g/mol. The predicted octanol–water partition coefficient (Wildman–Crippen LogP) is 2.96. The van der Waals surface area contributed by atoms with Crippen molar-refractivity contribution in [2.45, 2.75) is 19.5 Å². The van der Waals surface area contributed by atoms with Crippen molar-refractivity contribution in [1.29, 1.82) is 0 Å². The highest BCUT2D eigenvalue weighted by molar-refractivity contribution is 9.10. The summed E-state index contributed by atoms with van der Waals surface area (Å²) in [4.78, 5) is 12.0. The second kappa shape index (κ2) is 5.88. The molecule has 2 aromatic heterocycles. The van der Waals surface area contributed by atoms with Crippen molar-refractivity contribution in [2.24, 2.45) is 0 Å². The summed E-state index contributed by atoms with van der Waals surface area (Å²) in [5, 5.41) is 7.25. The van der Waals surface area contributed by atoms with E-state index in [1.54, 1.807) is 18.5 Å². The van der Waals surface area contributed by atoms with E-state index >= 15 is 0 Å². The van der Waals surface area contributed by atoms with E-state index in [4.69, 9.17) is 4.42 Å².